The molecule has 0 saturated heterocycles. The summed E-state index contributed by atoms with van der Waals surface area (Å²) >= 11 is 0. The number of aryl methyl sites for hydroxylation is 1. The number of pyridine rings is 2. The maximum absolute atomic E-state index is 10.8. The Labute approximate surface area is 218 Å². The highest BCUT2D eigenvalue weighted by Crippen LogP contribution is 2.52. The van der Waals surface area contributed by atoms with Crippen molar-refractivity contribution in [2.24, 2.45) is 0 Å². The van der Waals surface area contributed by atoms with Gasteiger partial charge in [-0.05, 0) is 77.6 Å². The molecule has 184 valence electrons. The van der Waals surface area contributed by atoms with E-state index in [1.165, 1.54) is 11.1 Å². The van der Waals surface area contributed by atoms with E-state index in [4.69, 9.17) is 9.97 Å². The summed E-state index contributed by atoms with van der Waals surface area (Å²) in [5, 5.41) is 11.7. The van der Waals surface area contributed by atoms with Crippen LogP contribution in [-0.4, -0.2) is 15.1 Å². The highest BCUT2D eigenvalue weighted by molar-refractivity contribution is 5.90. The van der Waals surface area contributed by atoms with Crippen molar-refractivity contribution >= 4 is 28.1 Å². The summed E-state index contributed by atoms with van der Waals surface area (Å²) in [6.45, 7) is 10.9. The van der Waals surface area contributed by atoms with Crippen LogP contribution in [0.1, 0.15) is 55.9 Å². The van der Waals surface area contributed by atoms with E-state index in [2.05, 4.69) is 100 Å². The van der Waals surface area contributed by atoms with Crippen LogP contribution in [0.25, 0.3) is 22.2 Å². The van der Waals surface area contributed by atoms with Crippen molar-refractivity contribution < 1.29 is 5.11 Å². The molecule has 0 bridgehead atoms. The zero-order valence-corrected chi connectivity index (χ0v) is 21.9. The van der Waals surface area contributed by atoms with Crippen molar-refractivity contribution in [3.63, 3.8) is 0 Å². The van der Waals surface area contributed by atoms with Gasteiger partial charge in [-0.15, -0.1) is 0 Å². The van der Waals surface area contributed by atoms with Gasteiger partial charge < -0.3 is 5.11 Å². The predicted molar refractivity (Wildman–Crippen MR) is 152 cm³/mol. The summed E-state index contributed by atoms with van der Waals surface area (Å²) in [6, 6.07) is 27.4. The molecule has 0 amide bonds. The smallest absolute Gasteiger partial charge is 0.142 e. The van der Waals surface area contributed by atoms with E-state index in [1.807, 2.05) is 24.4 Å². The van der Waals surface area contributed by atoms with Gasteiger partial charge in [0.1, 0.15) is 17.1 Å². The van der Waals surface area contributed by atoms with E-state index in [1.54, 1.807) is 0 Å². The number of para-hydroxylation sites is 1. The summed E-state index contributed by atoms with van der Waals surface area (Å²) in [6.07, 6.45) is 1.87. The van der Waals surface area contributed by atoms with Crippen LogP contribution in [0.4, 0.5) is 17.2 Å². The quantitative estimate of drug-likeness (QED) is 0.278. The summed E-state index contributed by atoms with van der Waals surface area (Å²) in [4.78, 5) is 11.9. The molecule has 0 unspecified atom stereocenters. The van der Waals surface area contributed by atoms with Gasteiger partial charge >= 0.3 is 0 Å². The van der Waals surface area contributed by atoms with E-state index < -0.39 is 0 Å². The summed E-state index contributed by atoms with van der Waals surface area (Å²) in [5.41, 5.74) is 9.30. The third kappa shape index (κ3) is 3.75. The van der Waals surface area contributed by atoms with Crippen LogP contribution in [0.5, 0.6) is 5.75 Å². The fourth-order valence-corrected chi connectivity index (χ4v) is 5.50. The van der Waals surface area contributed by atoms with Crippen molar-refractivity contribution in [2.75, 3.05) is 4.90 Å². The lowest BCUT2D eigenvalue weighted by Crippen LogP contribution is -2.31. The molecule has 0 spiro atoms. The molecule has 0 aliphatic carbocycles. The lowest BCUT2D eigenvalue weighted by Gasteiger charge is -2.41. The molecule has 3 aromatic carbocycles. The molecule has 4 heteroatoms. The van der Waals surface area contributed by atoms with Crippen LogP contribution in [-0.2, 0) is 5.41 Å². The van der Waals surface area contributed by atoms with Crippen molar-refractivity contribution in [3.8, 4) is 17.0 Å². The molecule has 2 aromatic heterocycles. The Morgan fingerprint density at radius 1 is 0.838 bits per heavy atom. The second-order valence-electron chi connectivity index (χ2n) is 10.9. The van der Waals surface area contributed by atoms with Crippen molar-refractivity contribution in [2.45, 2.75) is 46.0 Å². The number of benzene rings is 3. The van der Waals surface area contributed by atoms with Gasteiger partial charge in [-0.2, -0.15) is 0 Å². The fraction of sp³-hybridized carbons (Fsp3) is 0.212. The van der Waals surface area contributed by atoms with Gasteiger partial charge in [0, 0.05) is 22.6 Å². The number of fused-ring (bicyclic) bond motifs is 3. The molecule has 0 saturated carbocycles. The highest BCUT2D eigenvalue weighted by atomic mass is 16.3. The minimum absolute atomic E-state index is 0.174. The van der Waals surface area contributed by atoms with E-state index in [0.717, 1.165) is 45.0 Å². The standard InChI is InChI=1S/C33H31N3O/c1-20(2)24-17-23-11-13-27(35-32(23)30(37)19-24)22-10-12-26-29(18-22)36(31-16-21(3)14-15-34-31)28-9-7-6-8-25(28)33(26,4)5/h6-20,37H,1-5H3. The second kappa shape index (κ2) is 8.45. The van der Waals surface area contributed by atoms with Crippen LogP contribution in [0.15, 0.2) is 85.1 Å². The molecule has 1 aliphatic rings. The van der Waals surface area contributed by atoms with Crippen molar-refractivity contribution in [3.05, 3.63) is 107 Å². The second-order valence-corrected chi connectivity index (χ2v) is 10.9. The van der Waals surface area contributed by atoms with Crippen LogP contribution in [0.2, 0.25) is 0 Å². The van der Waals surface area contributed by atoms with E-state index in [9.17, 15) is 5.11 Å². The van der Waals surface area contributed by atoms with E-state index in [-0.39, 0.29) is 11.2 Å². The Bertz CT molecular complexity index is 1670. The fourth-order valence-electron chi connectivity index (χ4n) is 5.50. The monoisotopic (exact) mass is 485 g/mol. The van der Waals surface area contributed by atoms with Gasteiger partial charge in [-0.1, -0.05) is 64.1 Å². The topological polar surface area (TPSA) is 49.2 Å². The Hall–Kier alpha value is -4.18. The molecule has 5 aromatic rings. The predicted octanol–water partition coefficient (Wildman–Crippen LogP) is 8.54. The largest absolute Gasteiger partial charge is 0.506 e. The summed E-state index contributed by atoms with van der Waals surface area (Å²) in [5.74, 6) is 1.46. The zero-order chi connectivity index (χ0) is 25.9. The Kier molecular flexibility index (Phi) is 5.30. The van der Waals surface area contributed by atoms with Gasteiger partial charge in [-0.3, -0.25) is 4.90 Å². The molecule has 3 heterocycles. The number of rotatable bonds is 3. The number of aromatic hydroxyl groups is 1. The first-order valence-electron chi connectivity index (χ1n) is 12.8. The molecule has 0 fully saturated rings. The van der Waals surface area contributed by atoms with Gasteiger partial charge in [0.05, 0.1) is 17.1 Å². The third-order valence-corrected chi connectivity index (χ3v) is 7.62. The number of phenolic OH excluding ortho intramolecular Hbond substituents is 1. The number of hydrogen-bond acceptors (Lipinski definition) is 4. The highest BCUT2D eigenvalue weighted by Gasteiger charge is 2.37. The number of hydrogen-bond donors (Lipinski definition) is 1. The Morgan fingerprint density at radius 3 is 2.41 bits per heavy atom. The van der Waals surface area contributed by atoms with Crippen molar-refractivity contribution in [1.29, 1.82) is 0 Å². The van der Waals surface area contributed by atoms with E-state index >= 15 is 0 Å². The number of nitrogens with zero attached hydrogens (tertiary/aromatic N) is 3. The molecule has 1 aliphatic heterocycles. The summed E-state index contributed by atoms with van der Waals surface area (Å²) < 4.78 is 0. The molecule has 4 nitrogen and oxygen atoms in total. The molecular weight excluding hydrogens is 454 g/mol. The number of anilines is 3. The lowest BCUT2D eigenvalue weighted by molar-refractivity contribution is 0.479. The van der Waals surface area contributed by atoms with Gasteiger partial charge in [-0.25, -0.2) is 9.97 Å². The van der Waals surface area contributed by atoms with Crippen LogP contribution >= 0.6 is 0 Å². The Balaban J connectivity index is 1.55. The van der Waals surface area contributed by atoms with Gasteiger partial charge in [0.25, 0.3) is 0 Å². The average molecular weight is 486 g/mol. The van der Waals surface area contributed by atoms with Gasteiger partial charge in [0.15, 0.2) is 0 Å². The first-order valence-corrected chi connectivity index (χ1v) is 12.8. The molecule has 0 radical (unpaired) electrons. The van der Waals surface area contributed by atoms with Crippen LogP contribution in [0.3, 0.4) is 0 Å². The van der Waals surface area contributed by atoms with E-state index in [0.29, 0.717) is 11.4 Å². The first-order chi connectivity index (χ1) is 17.7. The molecule has 6 rings (SSSR count). The lowest BCUT2D eigenvalue weighted by atomic mass is 9.73. The van der Waals surface area contributed by atoms with Crippen LogP contribution < -0.4 is 4.90 Å². The van der Waals surface area contributed by atoms with Gasteiger partial charge in [0.2, 0.25) is 0 Å². The Morgan fingerprint density at radius 2 is 1.62 bits per heavy atom. The maximum atomic E-state index is 10.8. The van der Waals surface area contributed by atoms with Crippen molar-refractivity contribution in [1.82, 2.24) is 9.97 Å². The molecular formula is C33H31N3O. The first kappa shape index (κ1) is 23.2. The normalized spacial score (nSPS) is 14.1. The molecule has 37 heavy (non-hydrogen) atoms. The number of phenols is 1. The third-order valence-electron chi connectivity index (χ3n) is 7.62. The SMILES string of the molecule is Cc1ccnc(N2c3ccccc3C(C)(C)c3ccc(-c4ccc5cc(C(C)C)cc(O)c5n4)cc32)c1. The zero-order valence-electron chi connectivity index (χ0n) is 21.9. The molecule has 0 atom stereocenters. The number of aromatic nitrogens is 2. The van der Waals surface area contributed by atoms with Crippen LogP contribution in [0, 0.1) is 6.92 Å². The minimum atomic E-state index is -0.174. The molecule has 1 N–H and O–H groups in total. The average Bonchev–Trinajstić information content (AvgIpc) is 2.88. The minimum Gasteiger partial charge on any atom is -0.506 e. The maximum Gasteiger partial charge on any atom is 0.142 e. The summed E-state index contributed by atoms with van der Waals surface area (Å²) in [7, 11) is 0.